The maximum atomic E-state index is 13.0. The average molecular weight is 386 g/mol. The van der Waals surface area contributed by atoms with Crippen LogP contribution in [0.4, 0.5) is 4.39 Å². The topological polar surface area (TPSA) is 76.7 Å². The van der Waals surface area contributed by atoms with E-state index in [-0.39, 0.29) is 36.8 Å². The van der Waals surface area contributed by atoms with Crippen LogP contribution in [0.3, 0.4) is 0 Å². The highest BCUT2D eigenvalue weighted by Crippen LogP contribution is 2.32. The zero-order valence-corrected chi connectivity index (χ0v) is 15.8. The quantitative estimate of drug-likeness (QED) is 0.767. The molecule has 1 atom stereocenters. The van der Waals surface area contributed by atoms with Gasteiger partial charge in [0.2, 0.25) is 18.6 Å². The van der Waals surface area contributed by atoms with Gasteiger partial charge in [0.15, 0.2) is 11.5 Å². The fourth-order valence-corrected chi connectivity index (χ4v) is 2.90. The number of hydrogen-bond donors (Lipinski definition) is 2. The van der Waals surface area contributed by atoms with Gasteiger partial charge in [-0.15, -0.1) is 0 Å². The van der Waals surface area contributed by atoms with E-state index < -0.39 is 6.04 Å². The molecule has 0 fully saturated rings. The number of benzene rings is 2. The molecular formula is C21H23FN2O4. The lowest BCUT2D eigenvalue weighted by molar-refractivity contribution is -0.129. The first-order valence-electron chi connectivity index (χ1n) is 9.12. The van der Waals surface area contributed by atoms with E-state index in [1.807, 2.05) is 26.0 Å². The Morgan fingerprint density at radius 1 is 1.04 bits per heavy atom. The summed E-state index contributed by atoms with van der Waals surface area (Å²) < 4.78 is 23.6. The summed E-state index contributed by atoms with van der Waals surface area (Å²) in [6.45, 7) is 4.24. The second-order valence-electron chi connectivity index (χ2n) is 7.00. The average Bonchev–Trinajstić information content (AvgIpc) is 3.13. The van der Waals surface area contributed by atoms with Crippen LogP contribution in [0.5, 0.6) is 11.5 Å². The molecule has 0 aromatic heterocycles. The second-order valence-corrected chi connectivity index (χ2v) is 7.00. The molecule has 2 aromatic rings. The van der Waals surface area contributed by atoms with Crippen LogP contribution in [0.15, 0.2) is 42.5 Å². The van der Waals surface area contributed by atoms with E-state index in [0.717, 1.165) is 5.56 Å². The van der Waals surface area contributed by atoms with E-state index in [9.17, 15) is 14.0 Å². The summed E-state index contributed by atoms with van der Waals surface area (Å²) in [6, 6.07) is 10.5. The SMILES string of the molecule is CC(C)[C@H](NC(=O)Cc1ccc(F)cc1)C(=O)NCc1ccc2c(c1)OCO2. The molecule has 0 aliphatic carbocycles. The molecule has 2 amide bonds. The summed E-state index contributed by atoms with van der Waals surface area (Å²) in [5.41, 5.74) is 1.56. The summed E-state index contributed by atoms with van der Waals surface area (Å²) in [5.74, 6) is 0.340. The number of hydrogen-bond acceptors (Lipinski definition) is 4. The number of rotatable bonds is 7. The van der Waals surface area contributed by atoms with Crippen LogP contribution in [0.2, 0.25) is 0 Å². The van der Waals surface area contributed by atoms with Crippen LogP contribution in [-0.4, -0.2) is 24.6 Å². The number of amides is 2. The van der Waals surface area contributed by atoms with E-state index >= 15 is 0 Å². The zero-order valence-electron chi connectivity index (χ0n) is 15.8. The number of ether oxygens (including phenoxy) is 2. The number of halogens is 1. The molecule has 7 heteroatoms. The van der Waals surface area contributed by atoms with Crippen molar-refractivity contribution in [2.45, 2.75) is 32.9 Å². The Labute approximate surface area is 163 Å². The van der Waals surface area contributed by atoms with Gasteiger partial charge in [0.25, 0.3) is 0 Å². The lowest BCUT2D eigenvalue weighted by Crippen LogP contribution is -2.49. The lowest BCUT2D eigenvalue weighted by Gasteiger charge is -2.22. The number of carbonyl (C=O) groups excluding carboxylic acids is 2. The van der Waals surface area contributed by atoms with Gasteiger partial charge in [-0.3, -0.25) is 9.59 Å². The van der Waals surface area contributed by atoms with E-state index in [0.29, 0.717) is 23.6 Å². The monoisotopic (exact) mass is 386 g/mol. The van der Waals surface area contributed by atoms with E-state index in [1.54, 1.807) is 18.2 Å². The highest BCUT2D eigenvalue weighted by Gasteiger charge is 2.24. The van der Waals surface area contributed by atoms with Crippen molar-refractivity contribution < 1.29 is 23.5 Å². The van der Waals surface area contributed by atoms with Crippen molar-refractivity contribution in [1.29, 1.82) is 0 Å². The fourth-order valence-electron chi connectivity index (χ4n) is 2.90. The molecule has 6 nitrogen and oxygen atoms in total. The van der Waals surface area contributed by atoms with Crippen molar-refractivity contribution in [3.8, 4) is 11.5 Å². The molecule has 148 valence electrons. The van der Waals surface area contributed by atoms with Crippen LogP contribution in [0, 0.1) is 11.7 Å². The summed E-state index contributed by atoms with van der Waals surface area (Å²) in [4.78, 5) is 24.9. The van der Waals surface area contributed by atoms with E-state index in [2.05, 4.69) is 10.6 Å². The minimum Gasteiger partial charge on any atom is -0.454 e. The number of fused-ring (bicyclic) bond motifs is 1. The Balaban J connectivity index is 1.55. The summed E-state index contributed by atoms with van der Waals surface area (Å²) in [6.07, 6.45) is 0.0823. The molecule has 3 rings (SSSR count). The largest absolute Gasteiger partial charge is 0.454 e. The highest BCUT2D eigenvalue weighted by molar-refractivity contribution is 5.88. The number of nitrogens with one attached hydrogen (secondary N) is 2. The van der Waals surface area contributed by atoms with Crippen molar-refractivity contribution in [2.24, 2.45) is 5.92 Å². The van der Waals surface area contributed by atoms with Gasteiger partial charge in [-0.2, -0.15) is 0 Å². The Morgan fingerprint density at radius 2 is 1.71 bits per heavy atom. The summed E-state index contributed by atoms with van der Waals surface area (Å²) in [5, 5.41) is 5.62. The Hall–Kier alpha value is -3.09. The smallest absolute Gasteiger partial charge is 0.243 e. The lowest BCUT2D eigenvalue weighted by atomic mass is 10.0. The second kappa shape index (κ2) is 8.73. The van der Waals surface area contributed by atoms with Gasteiger partial charge >= 0.3 is 0 Å². The Morgan fingerprint density at radius 3 is 2.43 bits per heavy atom. The molecule has 0 saturated heterocycles. The minimum absolute atomic E-state index is 0.0823. The zero-order chi connectivity index (χ0) is 20.1. The molecule has 2 N–H and O–H groups in total. The third kappa shape index (κ3) is 5.00. The maximum absolute atomic E-state index is 13.0. The van der Waals surface area contributed by atoms with Crippen LogP contribution in [0.25, 0.3) is 0 Å². The van der Waals surface area contributed by atoms with E-state index in [4.69, 9.17) is 9.47 Å². The standard InChI is InChI=1S/C21H23FN2O4/c1-13(2)20(24-19(25)10-14-3-6-16(22)7-4-14)21(26)23-11-15-5-8-17-18(9-15)28-12-27-17/h3-9,13,20H,10-12H2,1-2H3,(H,23,26)(H,24,25)/t20-/m0/s1. The molecule has 0 bridgehead atoms. The van der Waals surface area contributed by atoms with Gasteiger partial charge in [0, 0.05) is 6.54 Å². The van der Waals surface area contributed by atoms with Crippen molar-refractivity contribution in [1.82, 2.24) is 10.6 Å². The number of carbonyl (C=O) groups is 2. The molecule has 1 aliphatic rings. The van der Waals surface area contributed by atoms with Crippen LogP contribution in [0.1, 0.15) is 25.0 Å². The van der Waals surface area contributed by atoms with Crippen molar-refractivity contribution in [3.05, 3.63) is 59.4 Å². The first-order chi connectivity index (χ1) is 13.4. The molecule has 0 spiro atoms. The van der Waals surface area contributed by atoms with Crippen LogP contribution < -0.4 is 20.1 Å². The first-order valence-corrected chi connectivity index (χ1v) is 9.12. The normalized spacial score (nSPS) is 13.3. The molecule has 0 radical (unpaired) electrons. The van der Waals surface area contributed by atoms with Crippen molar-refractivity contribution >= 4 is 11.8 Å². The first kappa shape index (κ1) is 19.7. The van der Waals surface area contributed by atoms with Crippen molar-refractivity contribution in [3.63, 3.8) is 0 Å². The van der Waals surface area contributed by atoms with Crippen molar-refractivity contribution in [2.75, 3.05) is 6.79 Å². The third-order valence-corrected chi connectivity index (χ3v) is 4.45. The summed E-state index contributed by atoms with van der Waals surface area (Å²) >= 11 is 0. The van der Waals surface area contributed by atoms with Gasteiger partial charge < -0.3 is 20.1 Å². The molecule has 0 unspecified atom stereocenters. The molecule has 1 heterocycles. The van der Waals surface area contributed by atoms with Gasteiger partial charge in [-0.1, -0.05) is 32.0 Å². The minimum atomic E-state index is -0.665. The molecule has 0 saturated carbocycles. The van der Waals surface area contributed by atoms with E-state index in [1.165, 1.54) is 12.1 Å². The molecule has 28 heavy (non-hydrogen) atoms. The highest BCUT2D eigenvalue weighted by atomic mass is 19.1. The van der Waals surface area contributed by atoms with Gasteiger partial charge in [0.1, 0.15) is 11.9 Å². The third-order valence-electron chi connectivity index (χ3n) is 4.45. The maximum Gasteiger partial charge on any atom is 0.243 e. The van der Waals surface area contributed by atoms with Gasteiger partial charge in [0.05, 0.1) is 6.42 Å². The molecular weight excluding hydrogens is 363 g/mol. The summed E-state index contributed by atoms with van der Waals surface area (Å²) in [7, 11) is 0. The Bertz CT molecular complexity index is 852. The molecule has 1 aliphatic heterocycles. The van der Waals surface area contributed by atoms with Gasteiger partial charge in [-0.05, 0) is 41.3 Å². The Kier molecular flexibility index (Phi) is 6.13. The van der Waals surface area contributed by atoms with Gasteiger partial charge in [-0.25, -0.2) is 4.39 Å². The van der Waals surface area contributed by atoms with Crippen LogP contribution >= 0.6 is 0 Å². The molecule has 2 aromatic carbocycles. The fraction of sp³-hybridized carbons (Fsp3) is 0.333. The predicted molar refractivity (Wildman–Crippen MR) is 101 cm³/mol. The predicted octanol–water partition coefficient (Wildman–Crippen LogP) is 2.55. The van der Waals surface area contributed by atoms with Crippen LogP contribution in [-0.2, 0) is 22.6 Å².